The van der Waals surface area contributed by atoms with Gasteiger partial charge in [-0.25, -0.2) is 4.98 Å². The van der Waals surface area contributed by atoms with Gasteiger partial charge in [-0.2, -0.15) is 0 Å². The number of methoxy groups -OCH3 is 1. The highest BCUT2D eigenvalue weighted by atomic mass is 35.5. The summed E-state index contributed by atoms with van der Waals surface area (Å²) in [6, 6.07) is 6.96. The van der Waals surface area contributed by atoms with Crippen molar-refractivity contribution in [1.82, 2.24) is 9.71 Å². The van der Waals surface area contributed by atoms with E-state index >= 15 is 0 Å². The lowest BCUT2D eigenvalue weighted by Crippen LogP contribution is -2.56. The lowest BCUT2D eigenvalue weighted by Gasteiger charge is -2.41. The Morgan fingerprint density at radius 2 is 2.17 bits per heavy atom. The first-order valence-electron chi connectivity index (χ1n) is 8.29. The number of nitrogens with zero attached hydrogens (tertiary/aromatic N) is 2. The summed E-state index contributed by atoms with van der Waals surface area (Å²) in [5, 5.41) is 2.96. The normalized spacial score (nSPS) is 15.3. The zero-order chi connectivity index (χ0) is 17.1. The van der Waals surface area contributed by atoms with Crippen LogP contribution in [0.3, 0.4) is 0 Å². The van der Waals surface area contributed by atoms with Gasteiger partial charge in [-0.15, -0.1) is 0 Å². The summed E-state index contributed by atoms with van der Waals surface area (Å²) in [6.07, 6.45) is 1.91. The first-order chi connectivity index (χ1) is 11.6. The van der Waals surface area contributed by atoms with Gasteiger partial charge in [0.15, 0.2) is 0 Å². The van der Waals surface area contributed by atoms with Gasteiger partial charge in [-0.05, 0) is 29.0 Å². The van der Waals surface area contributed by atoms with Gasteiger partial charge >= 0.3 is 0 Å². The quantitative estimate of drug-likeness (QED) is 0.454. The molecule has 1 aromatic carbocycles. The molecule has 1 fully saturated rings. The van der Waals surface area contributed by atoms with Crippen LogP contribution in [0.5, 0.6) is 0 Å². The molecule has 1 aliphatic rings. The van der Waals surface area contributed by atoms with Crippen LogP contribution in [0, 0.1) is 0 Å². The van der Waals surface area contributed by atoms with Crippen LogP contribution in [0.1, 0.15) is 25.3 Å². The summed E-state index contributed by atoms with van der Waals surface area (Å²) in [5.74, 6) is 1.43. The molecule has 0 amide bonds. The number of aromatic nitrogens is 1. The molecular weight excluding hydrogens is 342 g/mol. The average Bonchev–Trinajstić information content (AvgIpc) is 2.52. The predicted molar refractivity (Wildman–Crippen MR) is 104 cm³/mol. The number of nitrogens with one attached hydrogen (secondary N) is 1. The van der Waals surface area contributed by atoms with E-state index in [1.807, 2.05) is 12.3 Å². The molecule has 0 unspecified atom stereocenters. The van der Waals surface area contributed by atoms with Crippen LogP contribution < -0.4 is 9.62 Å². The van der Waals surface area contributed by atoms with Gasteiger partial charge in [-0.1, -0.05) is 43.5 Å². The van der Waals surface area contributed by atoms with Gasteiger partial charge in [0.05, 0.1) is 12.6 Å². The van der Waals surface area contributed by atoms with Crippen LogP contribution in [-0.4, -0.2) is 43.6 Å². The third kappa shape index (κ3) is 3.80. The van der Waals surface area contributed by atoms with E-state index in [1.54, 1.807) is 19.1 Å². The van der Waals surface area contributed by atoms with Crippen molar-refractivity contribution in [3.63, 3.8) is 0 Å². The van der Waals surface area contributed by atoms with Crippen LogP contribution in [0.2, 0.25) is 5.15 Å². The van der Waals surface area contributed by atoms with E-state index in [1.165, 1.54) is 22.0 Å². The zero-order valence-corrected chi connectivity index (χ0v) is 16.0. The third-order valence-corrected chi connectivity index (χ3v) is 5.44. The largest absolute Gasteiger partial charge is 0.384 e. The van der Waals surface area contributed by atoms with Gasteiger partial charge in [0, 0.05) is 43.2 Å². The molecule has 0 atom stereocenters. The Bertz CT molecular complexity index is 704. The van der Waals surface area contributed by atoms with Gasteiger partial charge in [0.25, 0.3) is 0 Å². The van der Waals surface area contributed by atoms with E-state index < -0.39 is 0 Å². The van der Waals surface area contributed by atoms with E-state index in [9.17, 15) is 0 Å². The second-order valence-electron chi connectivity index (χ2n) is 6.44. The summed E-state index contributed by atoms with van der Waals surface area (Å²) >= 11 is 7.87. The molecule has 130 valence electrons. The van der Waals surface area contributed by atoms with E-state index in [0.29, 0.717) is 17.1 Å². The Kier molecular flexibility index (Phi) is 5.87. The number of halogens is 1. The second-order valence-corrected chi connectivity index (χ2v) is 7.76. The number of rotatable bonds is 7. The van der Waals surface area contributed by atoms with Crippen molar-refractivity contribution in [3.05, 3.63) is 35.1 Å². The Balaban J connectivity index is 1.74. The summed E-state index contributed by atoms with van der Waals surface area (Å²) in [5.41, 5.74) is 2.57. The van der Waals surface area contributed by atoms with Gasteiger partial charge in [-0.3, -0.25) is 4.72 Å². The fourth-order valence-electron chi connectivity index (χ4n) is 3.05. The maximum absolute atomic E-state index is 6.13. The maximum Gasteiger partial charge on any atom is 0.129 e. The number of hydrogen-bond donors (Lipinski definition) is 1. The van der Waals surface area contributed by atoms with Crippen molar-refractivity contribution in [1.29, 1.82) is 0 Å². The topological polar surface area (TPSA) is 37.4 Å². The van der Waals surface area contributed by atoms with Crippen LogP contribution >= 0.6 is 23.5 Å². The van der Waals surface area contributed by atoms with Gasteiger partial charge < -0.3 is 9.64 Å². The highest BCUT2D eigenvalue weighted by Crippen LogP contribution is 2.35. The summed E-state index contributed by atoms with van der Waals surface area (Å²) in [6.45, 7) is 7.23. The molecule has 2 aromatic rings. The van der Waals surface area contributed by atoms with E-state index in [-0.39, 0.29) is 0 Å². The molecule has 1 N–H and O–H groups in total. The highest BCUT2D eigenvalue weighted by Gasteiger charge is 2.28. The molecule has 2 heterocycles. The number of ether oxygens (including phenoxy) is 1. The molecular formula is C18H24ClN3OS. The van der Waals surface area contributed by atoms with Crippen LogP contribution in [0.4, 0.5) is 5.69 Å². The minimum Gasteiger partial charge on any atom is -0.384 e. The molecule has 1 aliphatic heterocycles. The predicted octanol–water partition coefficient (Wildman–Crippen LogP) is 4.08. The lowest BCUT2D eigenvalue weighted by molar-refractivity contribution is 0.218. The highest BCUT2D eigenvalue weighted by molar-refractivity contribution is 7.97. The van der Waals surface area contributed by atoms with Crippen LogP contribution in [-0.2, 0) is 4.74 Å². The molecule has 0 spiro atoms. The minimum absolute atomic E-state index is 0.461. The average molecular weight is 366 g/mol. The molecule has 6 heteroatoms. The number of pyridine rings is 1. The van der Waals surface area contributed by atoms with Crippen LogP contribution in [0.15, 0.2) is 24.4 Å². The third-order valence-electron chi connectivity index (χ3n) is 4.36. The van der Waals surface area contributed by atoms with E-state index in [0.717, 1.165) is 25.4 Å². The van der Waals surface area contributed by atoms with Crippen molar-refractivity contribution >= 4 is 40.0 Å². The Labute approximate surface area is 153 Å². The van der Waals surface area contributed by atoms with Gasteiger partial charge in [0.1, 0.15) is 5.15 Å². The number of hydrogen-bond acceptors (Lipinski definition) is 5. The standard InChI is InChI=1S/C18H24ClN3OS/c1-12(2)14-4-5-17(16-9-20-18(19)8-15(14)16)22-10-13(11-22)21-24-7-6-23-3/h4-5,8-9,12-13,21H,6-7,10-11H2,1-3H3. The van der Waals surface area contributed by atoms with Crippen LogP contribution in [0.25, 0.3) is 10.8 Å². The monoisotopic (exact) mass is 365 g/mol. The molecule has 4 nitrogen and oxygen atoms in total. The lowest BCUT2D eigenvalue weighted by atomic mass is 9.95. The molecule has 0 bridgehead atoms. The molecule has 1 saturated heterocycles. The van der Waals surface area contributed by atoms with Crippen molar-refractivity contribution in [2.45, 2.75) is 25.8 Å². The second kappa shape index (κ2) is 7.91. The summed E-state index contributed by atoms with van der Waals surface area (Å²) in [7, 11) is 1.73. The van der Waals surface area contributed by atoms with E-state index in [4.69, 9.17) is 16.3 Å². The first-order valence-corrected chi connectivity index (χ1v) is 9.66. The molecule has 1 aromatic heterocycles. The van der Waals surface area contributed by atoms with Gasteiger partial charge in [0.2, 0.25) is 0 Å². The van der Waals surface area contributed by atoms with Crippen molar-refractivity contribution in [3.8, 4) is 0 Å². The zero-order valence-electron chi connectivity index (χ0n) is 14.4. The van der Waals surface area contributed by atoms with Crippen molar-refractivity contribution < 1.29 is 4.74 Å². The number of anilines is 1. The number of benzene rings is 1. The summed E-state index contributed by atoms with van der Waals surface area (Å²) in [4.78, 5) is 6.70. The Hall–Kier alpha value is -1.01. The van der Waals surface area contributed by atoms with E-state index in [2.05, 4.69) is 40.6 Å². The first kappa shape index (κ1) is 17.8. The minimum atomic E-state index is 0.461. The van der Waals surface area contributed by atoms with Crippen molar-refractivity contribution in [2.75, 3.05) is 37.5 Å². The molecule has 24 heavy (non-hydrogen) atoms. The van der Waals surface area contributed by atoms with Crippen molar-refractivity contribution in [2.24, 2.45) is 0 Å². The molecule has 0 saturated carbocycles. The fourth-order valence-corrected chi connectivity index (χ4v) is 3.96. The molecule has 0 aliphatic carbocycles. The Morgan fingerprint density at radius 1 is 1.38 bits per heavy atom. The fraction of sp³-hybridized carbons (Fsp3) is 0.500. The Morgan fingerprint density at radius 3 is 2.88 bits per heavy atom. The molecule has 3 rings (SSSR count). The SMILES string of the molecule is COCCSNC1CN(c2ccc(C(C)C)c3cc(Cl)ncc23)C1. The molecule has 0 radical (unpaired) electrons. The maximum atomic E-state index is 6.13. The smallest absolute Gasteiger partial charge is 0.129 e. The summed E-state index contributed by atoms with van der Waals surface area (Å²) < 4.78 is 8.56. The number of fused-ring (bicyclic) bond motifs is 1.